The van der Waals surface area contributed by atoms with Gasteiger partial charge in [-0.1, -0.05) is 0 Å². The number of aryl methyl sites for hydroxylation is 3. The summed E-state index contributed by atoms with van der Waals surface area (Å²) in [6, 6.07) is 3.35. The van der Waals surface area contributed by atoms with Crippen LogP contribution in [-0.4, -0.2) is 27.1 Å². The Morgan fingerprint density at radius 2 is 1.96 bits per heavy atom. The van der Waals surface area contributed by atoms with Crippen LogP contribution in [0.5, 0.6) is 5.75 Å². The molecule has 0 spiro atoms. The average Bonchev–Trinajstić information content (AvgIpc) is 2.91. The highest BCUT2D eigenvalue weighted by molar-refractivity contribution is 6.12. The van der Waals surface area contributed by atoms with E-state index >= 15 is 0 Å². The number of carbonyl (C=O) groups is 1. The Labute approximate surface area is 138 Å². The molecular formula is C17H18N4O3. The van der Waals surface area contributed by atoms with Gasteiger partial charge >= 0.3 is 0 Å². The molecule has 7 heteroatoms. The second-order valence-corrected chi connectivity index (χ2v) is 5.64. The number of methoxy groups -OCH3 is 1. The van der Waals surface area contributed by atoms with Crippen molar-refractivity contribution in [2.45, 2.75) is 6.92 Å². The Bertz CT molecular complexity index is 984. The minimum Gasteiger partial charge on any atom is -0.495 e. The fraction of sp³-hybridized carbons (Fsp3) is 0.235. The summed E-state index contributed by atoms with van der Waals surface area (Å²) in [4.78, 5) is 29.2. The number of carbonyl (C=O) groups excluding carboxylic acids is 1. The van der Waals surface area contributed by atoms with Gasteiger partial charge in [-0.05, 0) is 24.6 Å². The summed E-state index contributed by atoms with van der Waals surface area (Å²) in [6.07, 6.45) is 4.94. The molecule has 0 aromatic carbocycles. The van der Waals surface area contributed by atoms with E-state index in [1.807, 2.05) is 14.0 Å². The van der Waals surface area contributed by atoms with E-state index in [9.17, 15) is 9.59 Å². The van der Waals surface area contributed by atoms with Gasteiger partial charge < -0.3 is 19.2 Å². The number of rotatable bonds is 3. The van der Waals surface area contributed by atoms with Crippen LogP contribution in [0.2, 0.25) is 0 Å². The van der Waals surface area contributed by atoms with Crippen LogP contribution in [0.3, 0.4) is 0 Å². The van der Waals surface area contributed by atoms with E-state index in [2.05, 4.69) is 10.3 Å². The average molecular weight is 326 g/mol. The van der Waals surface area contributed by atoms with Crippen LogP contribution in [0.1, 0.15) is 15.9 Å². The van der Waals surface area contributed by atoms with Crippen LogP contribution in [0.4, 0.5) is 5.82 Å². The molecule has 1 N–H and O–H groups in total. The third-order valence-corrected chi connectivity index (χ3v) is 3.93. The van der Waals surface area contributed by atoms with E-state index in [4.69, 9.17) is 4.74 Å². The minimum absolute atomic E-state index is 0.205. The molecule has 0 fully saturated rings. The molecule has 3 rings (SSSR count). The van der Waals surface area contributed by atoms with Gasteiger partial charge in [-0.25, -0.2) is 4.98 Å². The zero-order valence-electron chi connectivity index (χ0n) is 14.0. The molecule has 0 saturated carbocycles. The first-order valence-corrected chi connectivity index (χ1v) is 7.39. The number of amides is 1. The van der Waals surface area contributed by atoms with E-state index in [-0.39, 0.29) is 11.5 Å². The Kier molecular flexibility index (Phi) is 3.84. The summed E-state index contributed by atoms with van der Waals surface area (Å²) in [5.41, 5.74) is 1.81. The summed E-state index contributed by atoms with van der Waals surface area (Å²) >= 11 is 0. The molecule has 1 amide bonds. The summed E-state index contributed by atoms with van der Waals surface area (Å²) in [6.45, 7) is 1.91. The summed E-state index contributed by atoms with van der Waals surface area (Å²) in [5.74, 6) is 0.617. The smallest absolute Gasteiger partial charge is 0.260 e. The highest BCUT2D eigenvalue weighted by Crippen LogP contribution is 2.21. The van der Waals surface area contributed by atoms with Crippen molar-refractivity contribution in [1.82, 2.24) is 14.1 Å². The maximum Gasteiger partial charge on any atom is 0.260 e. The van der Waals surface area contributed by atoms with Gasteiger partial charge in [0.05, 0.1) is 29.8 Å². The minimum atomic E-state index is -0.374. The van der Waals surface area contributed by atoms with Crippen molar-refractivity contribution in [2.75, 3.05) is 12.4 Å². The molecule has 3 aromatic heterocycles. The van der Waals surface area contributed by atoms with Gasteiger partial charge in [-0.15, -0.1) is 0 Å². The van der Waals surface area contributed by atoms with Gasteiger partial charge in [-0.3, -0.25) is 9.59 Å². The van der Waals surface area contributed by atoms with Crippen LogP contribution in [-0.2, 0) is 14.1 Å². The van der Waals surface area contributed by atoms with E-state index in [1.165, 1.54) is 10.8 Å². The van der Waals surface area contributed by atoms with Gasteiger partial charge in [0.25, 0.3) is 11.5 Å². The molecule has 0 saturated heterocycles. The summed E-state index contributed by atoms with van der Waals surface area (Å²) < 4.78 is 8.32. The quantitative estimate of drug-likeness (QED) is 0.796. The van der Waals surface area contributed by atoms with Gasteiger partial charge in [0.2, 0.25) is 0 Å². The summed E-state index contributed by atoms with van der Waals surface area (Å²) in [7, 11) is 5.04. The maximum atomic E-state index is 12.6. The molecule has 0 unspecified atom stereocenters. The van der Waals surface area contributed by atoms with Gasteiger partial charge in [-0.2, -0.15) is 0 Å². The fourth-order valence-corrected chi connectivity index (χ4v) is 2.84. The highest BCUT2D eigenvalue weighted by Gasteiger charge is 2.19. The molecule has 3 aromatic rings. The van der Waals surface area contributed by atoms with Crippen molar-refractivity contribution in [2.24, 2.45) is 14.1 Å². The molecule has 0 aliphatic heterocycles. The molecule has 3 heterocycles. The Morgan fingerprint density at radius 1 is 1.21 bits per heavy atom. The van der Waals surface area contributed by atoms with Crippen molar-refractivity contribution in [3.8, 4) is 5.75 Å². The highest BCUT2D eigenvalue weighted by atomic mass is 16.5. The van der Waals surface area contributed by atoms with Crippen LogP contribution in [0.25, 0.3) is 10.9 Å². The number of pyridine rings is 2. The Hall–Kier alpha value is -3.09. The number of anilines is 1. The zero-order valence-corrected chi connectivity index (χ0v) is 14.0. The normalized spacial score (nSPS) is 10.8. The van der Waals surface area contributed by atoms with Crippen molar-refractivity contribution < 1.29 is 9.53 Å². The molecule has 0 atom stereocenters. The molecule has 0 bridgehead atoms. The van der Waals surface area contributed by atoms with Crippen molar-refractivity contribution >= 4 is 22.6 Å². The Balaban J connectivity index is 2.05. The first kappa shape index (κ1) is 15.8. The van der Waals surface area contributed by atoms with Crippen molar-refractivity contribution in [3.05, 3.63) is 52.2 Å². The van der Waals surface area contributed by atoms with Gasteiger partial charge in [0.15, 0.2) is 0 Å². The molecule has 124 valence electrons. The molecule has 7 nitrogen and oxygen atoms in total. The molecular weight excluding hydrogens is 308 g/mol. The maximum absolute atomic E-state index is 12.6. The third kappa shape index (κ3) is 2.54. The third-order valence-electron chi connectivity index (χ3n) is 3.93. The second-order valence-electron chi connectivity index (χ2n) is 5.64. The largest absolute Gasteiger partial charge is 0.495 e. The lowest BCUT2D eigenvalue weighted by molar-refractivity contribution is 0.102. The molecule has 0 aliphatic carbocycles. The second kappa shape index (κ2) is 5.84. The van der Waals surface area contributed by atoms with Crippen LogP contribution in [0.15, 0.2) is 35.5 Å². The van der Waals surface area contributed by atoms with Crippen LogP contribution in [0, 0.1) is 6.92 Å². The van der Waals surface area contributed by atoms with E-state index in [0.29, 0.717) is 22.5 Å². The lowest BCUT2D eigenvalue weighted by Gasteiger charge is -2.06. The standard InChI is InChI=1S/C17H18N4O3/c1-10-8-21(3)17(23)14-12(9-20(2)15(10)14)16(22)19-13-6-5-11(24-4)7-18-13/h5-9H,1-4H3,(H,18,19,22). The number of nitrogens with zero attached hydrogens (tertiary/aromatic N) is 3. The number of nitrogens with one attached hydrogen (secondary N) is 1. The van der Waals surface area contributed by atoms with E-state index in [0.717, 1.165) is 11.1 Å². The van der Waals surface area contributed by atoms with Crippen LogP contribution >= 0.6 is 0 Å². The SMILES string of the molecule is COc1ccc(NC(=O)c2cn(C)c3c(C)cn(C)c(=O)c23)nc1. The zero-order chi connectivity index (χ0) is 17.4. The van der Waals surface area contributed by atoms with E-state index in [1.54, 1.807) is 43.3 Å². The lowest BCUT2D eigenvalue weighted by Crippen LogP contribution is -2.20. The van der Waals surface area contributed by atoms with Gasteiger partial charge in [0, 0.05) is 26.5 Å². The molecule has 0 radical (unpaired) electrons. The molecule has 0 aliphatic rings. The Morgan fingerprint density at radius 3 is 2.58 bits per heavy atom. The predicted octanol–water partition coefficient (Wildman–Crippen LogP) is 1.84. The van der Waals surface area contributed by atoms with Crippen molar-refractivity contribution in [3.63, 3.8) is 0 Å². The topological polar surface area (TPSA) is 78.1 Å². The first-order valence-electron chi connectivity index (χ1n) is 7.39. The number of hydrogen-bond acceptors (Lipinski definition) is 4. The van der Waals surface area contributed by atoms with Gasteiger partial charge in [0.1, 0.15) is 11.6 Å². The molecule has 24 heavy (non-hydrogen) atoms. The monoisotopic (exact) mass is 326 g/mol. The number of ether oxygens (including phenoxy) is 1. The van der Waals surface area contributed by atoms with E-state index < -0.39 is 0 Å². The number of hydrogen-bond donors (Lipinski definition) is 1. The lowest BCUT2D eigenvalue weighted by atomic mass is 10.1. The van der Waals surface area contributed by atoms with Crippen molar-refractivity contribution in [1.29, 1.82) is 0 Å². The predicted molar refractivity (Wildman–Crippen MR) is 91.6 cm³/mol. The number of fused-ring (bicyclic) bond motifs is 1. The fourth-order valence-electron chi connectivity index (χ4n) is 2.84. The van der Waals surface area contributed by atoms with Crippen LogP contribution < -0.4 is 15.6 Å². The first-order chi connectivity index (χ1) is 11.4. The summed E-state index contributed by atoms with van der Waals surface area (Å²) in [5, 5.41) is 3.12. The number of aromatic nitrogens is 3.